The Bertz CT molecular complexity index is 422. The molecule has 17 heavy (non-hydrogen) atoms. The van der Waals surface area contributed by atoms with Crippen LogP contribution in [0.2, 0.25) is 0 Å². The summed E-state index contributed by atoms with van der Waals surface area (Å²) in [5.74, 6) is -0.176. The van der Waals surface area contributed by atoms with Gasteiger partial charge in [0.2, 0.25) is 0 Å². The first kappa shape index (κ1) is 12.6. The van der Waals surface area contributed by atoms with E-state index in [9.17, 15) is 4.79 Å². The zero-order chi connectivity index (χ0) is 12.6. The van der Waals surface area contributed by atoms with Gasteiger partial charge in [0, 0.05) is 4.47 Å². The molecule has 0 aromatic heterocycles. The number of nitrogens with one attached hydrogen (secondary N) is 1. The van der Waals surface area contributed by atoms with Gasteiger partial charge in [-0.1, -0.05) is 28.1 Å². The molecule has 2 atom stereocenters. The van der Waals surface area contributed by atoms with E-state index in [0.29, 0.717) is 0 Å². The van der Waals surface area contributed by atoms with Gasteiger partial charge in [-0.3, -0.25) is 10.1 Å². The largest absolute Gasteiger partial charge is 0.459 e. The average molecular weight is 298 g/mol. The minimum Gasteiger partial charge on any atom is -0.459 e. The Balaban J connectivity index is 1.96. The van der Waals surface area contributed by atoms with Crippen LogP contribution in [0.15, 0.2) is 28.7 Å². The minimum absolute atomic E-state index is 0.0953. The van der Waals surface area contributed by atoms with E-state index in [1.54, 1.807) is 0 Å². The monoisotopic (exact) mass is 297 g/mol. The molecule has 2 unspecified atom stereocenters. The van der Waals surface area contributed by atoms with Crippen molar-refractivity contribution in [3.63, 3.8) is 0 Å². The molecule has 1 aromatic rings. The van der Waals surface area contributed by atoms with Gasteiger partial charge < -0.3 is 4.74 Å². The molecule has 4 heteroatoms. The van der Waals surface area contributed by atoms with E-state index in [0.717, 1.165) is 10.0 Å². The standard InChI is InChI=1S/C13H16BrNO2/c1-13(2,3)17-12(16)11-10(15-11)8-4-6-9(14)7-5-8/h4-7,10-11,15H,1-3H3. The highest BCUT2D eigenvalue weighted by molar-refractivity contribution is 9.10. The number of carbonyl (C=O) groups is 1. The Hall–Kier alpha value is -0.870. The molecule has 1 fully saturated rings. The Morgan fingerprint density at radius 2 is 1.88 bits per heavy atom. The van der Waals surface area contributed by atoms with Gasteiger partial charge in [-0.05, 0) is 38.5 Å². The summed E-state index contributed by atoms with van der Waals surface area (Å²) in [4.78, 5) is 11.8. The number of benzene rings is 1. The van der Waals surface area contributed by atoms with Crippen LogP contribution < -0.4 is 5.32 Å². The topological polar surface area (TPSA) is 48.2 Å². The van der Waals surface area contributed by atoms with Gasteiger partial charge >= 0.3 is 5.97 Å². The third kappa shape index (κ3) is 3.30. The van der Waals surface area contributed by atoms with Crippen molar-refractivity contribution >= 4 is 21.9 Å². The van der Waals surface area contributed by atoms with Crippen molar-refractivity contribution in [1.82, 2.24) is 5.32 Å². The van der Waals surface area contributed by atoms with E-state index in [4.69, 9.17) is 4.74 Å². The first-order valence-corrected chi connectivity index (χ1v) is 6.40. The maximum absolute atomic E-state index is 11.8. The lowest BCUT2D eigenvalue weighted by Crippen LogP contribution is -2.27. The van der Waals surface area contributed by atoms with Crippen LogP contribution in [0, 0.1) is 0 Å². The Kier molecular flexibility index (Phi) is 3.27. The van der Waals surface area contributed by atoms with Gasteiger partial charge in [0.25, 0.3) is 0 Å². The van der Waals surface area contributed by atoms with Crippen LogP contribution in [-0.2, 0) is 9.53 Å². The molecule has 1 aliphatic rings. The fraction of sp³-hybridized carbons (Fsp3) is 0.462. The summed E-state index contributed by atoms with van der Waals surface area (Å²) in [6.07, 6.45) is 0. The molecule has 2 rings (SSSR count). The molecule has 0 amide bonds. The van der Waals surface area contributed by atoms with Crippen LogP contribution in [0.1, 0.15) is 32.4 Å². The van der Waals surface area contributed by atoms with E-state index in [1.165, 1.54) is 0 Å². The summed E-state index contributed by atoms with van der Waals surface area (Å²) in [7, 11) is 0. The maximum Gasteiger partial charge on any atom is 0.325 e. The molecule has 1 heterocycles. The smallest absolute Gasteiger partial charge is 0.325 e. The summed E-state index contributed by atoms with van der Waals surface area (Å²) in [5.41, 5.74) is 0.690. The Labute approximate surface area is 110 Å². The van der Waals surface area contributed by atoms with E-state index >= 15 is 0 Å². The fourth-order valence-corrected chi connectivity index (χ4v) is 1.93. The lowest BCUT2D eigenvalue weighted by molar-refractivity contribution is -0.154. The highest BCUT2D eigenvalue weighted by Crippen LogP contribution is 2.32. The molecule has 1 N–H and O–H groups in total. The lowest BCUT2D eigenvalue weighted by atomic mass is 10.1. The van der Waals surface area contributed by atoms with E-state index in [-0.39, 0.29) is 18.1 Å². The number of ether oxygens (including phenoxy) is 1. The van der Waals surface area contributed by atoms with Gasteiger partial charge in [0.1, 0.15) is 11.6 Å². The summed E-state index contributed by atoms with van der Waals surface area (Å²) >= 11 is 3.39. The average Bonchev–Trinajstić information content (AvgIpc) is 2.96. The predicted octanol–water partition coefficient (Wildman–Crippen LogP) is 2.80. The van der Waals surface area contributed by atoms with Crippen molar-refractivity contribution in [3.05, 3.63) is 34.3 Å². The molecule has 0 spiro atoms. The minimum atomic E-state index is -0.425. The predicted molar refractivity (Wildman–Crippen MR) is 69.7 cm³/mol. The summed E-state index contributed by atoms with van der Waals surface area (Å²) in [6.45, 7) is 5.63. The lowest BCUT2D eigenvalue weighted by Gasteiger charge is -2.19. The first-order valence-electron chi connectivity index (χ1n) is 5.61. The number of rotatable bonds is 2. The maximum atomic E-state index is 11.8. The second-order valence-electron chi connectivity index (χ2n) is 5.21. The second-order valence-corrected chi connectivity index (χ2v) is 6.12. The number of hydrogen-bond donors (Lipinski definition) is 1. The SMILES string of the molecule is CC(C)(C)OC(=O)C1NC1c1ccc(Br)cc1. The van der Waals surface area contributed by atoms with E-state index < -0.39 is 5.60 Å². The molecular weight excluding hydrogens is 282 g/mol. The molecule has 1 aliphatic heterocycles. The third-order valence-corrected chi connectivity index (χ3v) is 3.00. The summed E-state index contributed by atoms with van der Waals surface area (Å²) in [5, 5.41) is 3.14. The van der Waals surface area contributed by atoms with Gasteiger partial charge in [0.15, 0.2) is 0 Å². The number of halogens is 1. The molecule has 3 nitrogen and oxygen atoms in total. The summed E-state index contributed by atoms with van der Waals surface area (Å²) < 4.78 is 6.36. The van der Waals surface area contributed by atoms with Crippen LogP contribution in [-0.4, -0.2) is 17.6 Å². The van der Waals surface area contributed by atoms with Crippen molar-refractivity contribution in [2.24, 2.45) is 0 Å². The third-order valence-electron chi connectivity index (χ3n) is 2.47. The Morgan fingerprint density at radius 3 is 2.41 bits per heavy atom. The van der Waals surface area contributed by atoms with Gasteiger partial charge in [-0.25, -0.2) is 0 Å². The normalized spacial score (nSPS) is 23.3. The van der Waals surface area contributed by atoms with Crippen LogP contribution in [0.25, 0.3) is 0 Å². The highest BCUT2D eigenvalue weighted by Gasteiger charge is 2.45. The van der Waals surface area contributed by atoms with Crippen LogP contribution in [0.3, 0.4) is 0 Å². The number of carbonyl (C=O) groups excluding carboxylic acids is 1. The van der Waals surface area contributed by atoms with Crippen LogP contribution in [0.5, 0.6) is 0 Å². The fourth-order valence-electron chi connectivity index (χ4n) is 1.67. The molecule has 0 saturated carbocycles. The Morgan fingerprint density at radius 1 is 1.29 bits per heavy atom. The first-order chi connectivity index (χ1) is 7.87. The molecule has 0 radical (unpaired) electrons. The number of esters is 1. The number of hydrogen-bond acceptors (Lipinski definition) is 3. The van der Waals surface area contributed by atoms with Crippen molar-refractivity contribution in [3.8, 4) is 0 Å². The molecule has 1 aromatic carbocycles. The highest BCUT2D eigenvalue weighted by atomic mass is 79.9. The molecule has 0 aliphatic carbocycles. The van der Waals surface area contributed by atoms with Crippen LogP contribution in [0.4, 0.5) is 0 Å². The van der Waals surface area contributed by atoms with Gasteiger partial charge in [0.05, 0.1) is 6.04 Å². The van der Waals surface area contributed by atoms with Gasteiger partial charge in [-0.15, -0.1) is 0 Å². The van der Waals surface area contributed by atoms with Crippen molar-refractivity contribution in [2.45, 2.75) is 38.5 Å². The quantitative estimate of drug-likeness (QED) is 0.674. The zero-order valence-corrected chi connectivity index (χ0v) is 11.7. The van der Waals surface area contributed by atoms with Crippen molar-refractivity contribution < 1.29 is 9.53 Å². The van der Waals surface area contributed by atoms with E-state index in [1.807, 2.05) is 45.0 Å². The molecule has 92 valence electrons. The molecule has 0 bridgehead atoms. The zero-order valence-electron chi connectivity index (χ0n) is 10.2. The molecule has 1 saturated heterocycles. The van der Waals surface area contributed by atoms with Crippen molar-refractivity contribution in [1.29, 1.82) is 0 Å². The second kappa shape index (κ2) is 4.42. The van der Waals surface area contributed by atoms with Crippen LogP contribution >= 0.6 is 15.9 Å². The summed E-state index contributed by atoms with van der Waals surface area (Å²) in [6, 6.07) is 7.86. The van der Waals surface area contributed by atoms with Gasteiger partial charge in [-0.2, -0.15) is 0 Å². The van der Waals surface area contributed by atoms with Crippen molar-refractivity contribution in [2.75, 3.05) is 0 Å². The van der Waals surface area contributed by atoms with E-state index in [2.05, 4.69) is 21.2 Å². The molecular formula is C13H16BrNO2.